The van der Waals surface area contributed by atoms with Crippen LogP contribution >= 0.6 is 0 Å². The molecule has 0 heterocycles. The number of ether oxygens (including phenoxy) is 1. The van der Waals surface area contributed by atoms with Gasteiger partial charge < -0.3 is 20.3 Å². The third-order valence-corrected chi connectivity index (χ3v) is 5.15. The van der Waals surface area contributed by atoms with Gasteiger partial charge in [-0.05, 0) is 28.3 Å². The lowest BCUT2D eigenvalue weighted by atomic mass is 9.98. The van der Waals surface area contributed by atoms with Crippen molar-refractivity contribution in [2.45, 2.75) is 24.5 Å². The summed E-state index contributed by atoms with van der Waals surface area (Å²) in [6.07, 6.45) is -0.380. The number of carbonyl (C=O) groups excluding carboxylic acids is 1. The Labute approximate surface area is 156 Å². The molecule has 0 fully saturated rings. The van der Waals surface area contributed by atoms with Gasteiger partial charge in [-0.15, -0.1) is 0 Å². The van der Waals surface area contributed by atoms with Gasteiger partial charge in [-0.3, -0.25) is 0 Å². The minimum Gasteiger partial charge on any atom is -0.478 e. The Balaban J connectivity index is 1.42. The van der Waals surface area contributed by atoms with E-state index in [9.17, 15) is 14.7 Å². The van der Waals surface area contributed by atoms with E-state index in [4.69, 9.17) is 9.84 Å². The summed E-state index contributed by atoms with van der Waals surface area (Å²) in [6, 6.07) is 15.4. The number of carboxylic acids is 1. The summed E-state index contributed by atoms with van der Waals surface area (Å²) in [4.78, 5) is 23.2. The van der Waals surface area contributed by atoms with Crippen LogP contribution in [0.15, 0.2) is 60.2 Å². The Morgan fingerprint density at radius 2 is 1.63 bits per heavy atom. The van der Waals surface area contributed by atoms with Gasteiger partial charge in [0.1, 0.15) is 6.61 Å². The Hall–Kier alpha value is -3.12. The average Bonchev–Trinajstić information content (AvgIpc) is 3.19. The Morgan fingerprint density at radius 1 is 1.04 bits per heavy atom. The predicted molar refractivity (Wildman–Crippen MR) is 98.3 cm³/mol. The van der Waals surface area contributed by atoms with Crippen LogP contribution in [0.25, 0.3) is 11.1 Å². The smallest absolute Gasteiger partial charge is 0.407 e. The first-order valence-corrected chi connectivity index (χ1v) is 8.78. The molecular weight excluding hydrogens is 346 g/mol. The Bertz CT molecular complexity index is 890. The molecule has 0 spiro atoms. The second-order valence-electron chi connectivity index (χ2n) is 6.77. The maximum atomic E-state index is 12.2. The van der Waals surface area contributed by atoms with Crippen LogP contribution in [0, 0.1) is 0 Å². The minimum atomic E-state index is -1.09. The fourth-order valence-electron chi connectivity index (χ4n) is 3.83. The fraction of sp³-hybridized carbons (Fsp3) is 0.238. The molecule has 0 radical (unpaired) electrons. The molecule has 6 heteroatoms. The summed E-state index contributed by atoms with van der Waals surface area (Å²) in [5.74, 6) is -1.14. The topological polar surface area (TPSA) is 95.9 Å². The van der Waals surface area contributed by atoms with Crippen molar-refractivity contribution in [3.63, 3.8) is 0 Å². The number of hydrogen-bond donors (Lipinski definition) is 3. The Morgan fingerprint density at radius 3 is 2.19 bits per heavy atom. The maximum Gasteiger partial charge on any atom is 0.407 e. The van der Waals surface area contributed by atoms with Crippen LogP contribution in [0.1, 0.15) is 23.5 Å². The van der Waals surface area contributed by atoms with Gasteiger partial charge in [0.2, 0.25) is 0 Å². The monoisotopic (exact) mass is 365 g/mol. The third-order valence-electron chi connectivity index (χ3n) is 5.15. The van der Waals surface area contributed by atoms with Crippen molar-refractivity contribution in [3.8, 4) is 11.1 Å². The highest BCUT2D eigenvalue weighted by Gasteiger charge is 2.32. The minimum absolute atomic E-state index is 0.0515. The molecule has 2 aromatic carbocycles. The summed E-state index contributed by atoms with van der Waals surface area (Å²) in [7, 11) is 0. The molecule has 2 aromatic rings. The standard InChI is InChI=1S/C21H19NO5/c23-19-10-12(20(24)25)9-18(19)22-21(26)27-11-17-15-7-3-1-5-13(15)14-6-2-4-8-16(14)17/h1-8,10,17-19,23H,9,11H2,(H,22,26)(H,24,25)/t18-,19+/m0/s1. The fourth-order valence-corrected chi connectivity index (χ4v) is 3.83. The van der Waals surface area contributed by atoms with Crippen LogP contribution in [-0.2, 0) is 9.53 Å². The van der Waals surface area contributed by atoms with E-state index >= 15 is 0 Å². The summed E-state index contributed by atoms with van der Waals surface area (Å²) >= 11 is 0. The van der Waals surface area contributed by atoms with Gasteiger partial charge in [0.05, 0.1) is 12.1 Å². The first-order valence-electron chi connectivity index (χ1n) is 8.78. The van der Waals surface area contributed by atoms with Gasteiger partial charge in [-0.25, -0.2) is 9.59 Å². The van der Waals surface area contributed by atoms with E-state index in [1.807, 2.05) is 36.4 Å². The number of carboxylic acid groups (broad SMARTS) is 1. The van der Waals surface area contributed by atoms with Gasteiger partial charge in [0, 0.05) is 17.9 Å². The van der Waals surface area contributed by atoms with Gasteiger partial charge in [0.15, 0.2) is 0 Å². The lowest BCUT2D eigenvalue weighted by molar-refractivity contribution is -0.132. The van der Waals surface area contributed by atoms with Crippen molar-refractivity contribution in [2.75, 3.05) is 6.61 Å². The van der Waals surface area contributed by atoms with Crippen LogP contribution in [0.2, 0.25) is 0 Å². The molecule has 0 aliphatic heterocycles. The molecule has 0 unspecified atom stereocenters. The molecule has 2 aliphatic rings. The number of rotatable bonds is 4. The normalized spacial score (nSPS) is 20.6. The van der Waals surface area contributed by atoms with Crippen molar-refractivity contribution < 1.29 is 24.5 Å². The zero-order valence-corrected chi connectivity index (χ0v) is 14.5. The molecule has 6 nitrogen and oxygen atoms in total. The lowest BCUT2D eigenvalue weighted by Crippen LogP contribution is -2.41. The number of alkyl carbamates (subject to hydrolysis) is 1. The SMILES string of the molecule is O=C(N[C@H]1CC(C(=O)O)=C[C@H]1O)OCC1c2ccccc2-c2ccccc21. The molecule has 27 heavy (non-hydrogen) atoms. The number of fused-ring (bicyclic) bond motifs is 3. The Kier molecular flexibility index (Phi) is 4.41. The molecule has 1 amide bonds. The van der Waals surface area contributed by atoms with E-state index in [0.29, 0.717) is 0 Å². The maximum absolute atomic E-state index is 12.2. The molecular formula is C21H19NO5. The summed E-state index contributed by atoms with van der Waals surface area (Å²) in [5, 5.41) is 21.4. The highest BCUT2D eigenvalue weighted by atomic mass is 16.5. The van der Waals surface area contributed by atoms with Gasteiger partial charge in [-0.2, -0.15) is 0 Å². The van der Waals surface area contributed by atoms with Crippen molar-refractivity contribution in [2.24, 2.45) is 0 Å². The van der Waals surface area contributed by atoms with E-state index in [2.05, 4.69) is 17.4 Å². The second kappa shape index (κ2) is 6.89. The first kappa shape index (κ1) is 17.3. The van der Waals surface area contributed by atoms with Crippen molar-refractivity contribution in [1.29, 1.82) is 0 Å². The largest absolute Gasteiger partial charge is 0.478 e. The zero-order chi connectivity index (χ0) is 19.0. The van der Waals surface area contributed by atoms with Crippen molar-refractivity contribution in [3.05, 3.63) is 71.3 Å². The van der Waals surface area contributed by atoms with E-state index in [1.54, 1.807) is 0 Å². The molecule has 2 aliphatic carbocycles. The van der Waals surface area contributed by atoms with Crippen molar-refractivity contribution in [1.82, 2.24) is 5.32 Å². The van der Waals surface area contributed by atoms with Crippen LogP contribution in [0.3, 0.4) is 0 Å². The number of carbonyl (C=O) groups is 2. The highest BCUT2D eigenvalue weighted by Crippen LogP contribution is 2.44. The summed E-state index contributed by atoms with van der Waals surface area (Å²) < 4.78 is 5.41. The molecule has 2 atom stereocenters. The zero-order valence-electron chi connectivity index (χ0n) is 14.5. The van der Waals surface area contributed by atoms with Gasteiger partial charge >= 0.3 is 12.1 Å². The van der Waals surface area contributed by atoms with E-state index < -0.39 is 24.2 Å². The number of aliphatic hydroxyl groups is 1. The first-order chi connectivity index (χ1) is 13.0. The summed E-state index contributed by atoms with van der Waals surface area (Å²) in [6.45, 7) is 0.169. The molecule has 0 bridgehead atoms. The lowest BCUT2D eigenvalue weighted by Gasteiger charge is -2.18. The summed E-state index contributed by atoms with van der Waals surface area (Å²) in [5.41, 5.74) is 4.60. The van der Waals surface area contributed by atoms with Crippen LogP contribution in [0.5, 0.6) is 0 Å². The van der Waals surface area contributed by atoms with Gasteiger partial charge in [-0.1, -0.05) is 48.5 Å². The number of amides is 1. The number of nitrogens with one attached hydrogen (secondary N) is 1. The quantitative estimate of drug-likeness (QED) is 0.774. The predicted octanol–water partition coefficient (Wildman–Crippen LogP) is 2.67. The van der Waals surface area contributed by atoms with E-state index in [0.717, 1.165) is 22.3 Å². The average molecular weight is 365 g/mol. The van der Waals surface area contributed by atoms with Crippen LogP contribution in [0.4, 0.5) is 4.79 Å². The van der Waals surface area contributed by atoms with Crippen LogP contribution in [-0.4, -0.2) is 41.0 Å². The van der Waals surface area contributed by atoms with E-state index in [1.165, 1.54) is 6.08 Å². The molecule has 138 valence electrons. The number of hydrogen-bond acceptors (Lipinski definition) is 4. The van der Waals surface area contributed by atoms with Crippen LogP contribution < -0.4 is 5.32 Å². The molecule has 3 N–H and O–H groups in total. The number of aliphatic hydroxyl groups excluding tert-OH is 1. The molecule has 4 rings (SSSR count). The highest BCUT2D eigenvalue weighted by molar-refractivity contribution is 5.87. The van der Waals surface area contributed by atoms with Crippen molar-refractivity contribution >= 4 is 12.1 Å². The second-order valence-corrected chi connectivity index (χ2v) is 6.77. The number of aliphatic carboxylic acids is 1. The van der Waals surface area contributed by atoms with E-state index in [-0.39, 0.29) is 24.5 Å². The third kappa shape index (κ3) is 3.19. The molecule has 0 saturated carbocycles. The van der Waals surface area contributed by atoms with Gasteiger partial charge in [0.25, 0.3) is 0 Å². The molecule has 0 aromatic heterocycles. The molecule has 0 saturated heterocycles. The number of benzene rings is 2.